The van der Waals surface area contributed by atoms with Gasteiger partial charge in [-0.05, 0) is 31.6 Å². The molecule has 0 amide bonds. The van der Waals surface area contributed by atoms with E-state index in [1.807, 2.05) is 0 Å². The van der Waals surface area contributed by atoms with E-state index in [-0.39, 0.29) is 0 Å². The molecule has 2 radical (unpaired) electrons. The smallest absolute Gasteiger partial charge is 0.0351 e. The van der Waals surface area contributed by atoms with Crippen LogP contribution >= 0.6 is 0 Å². The van der Waals surface area contributed by atoms with Crippen molar-refractivity contribution in [2.75, 3.05) is 0 Å². The first-order chi connectivity index (χ1) is 14.8. The van der Waals surface area contributed by atoms with Crippen LogP contribution in [0.3, 0.4) is 0 Å². The molecule has 0 aliphatic rings. The molecule has 0 aromatic carbocycles. The van der Waals surface area contributed by atoms with E-state index in [9.17, 15) is 0 Å². The van der Waals surface area contributed by atoms with E-state index in [1.165, 1.54) is 141 Å². The number of hydrogen-bond donors (Lipinski definition) is 0. The van der Waals surface area contributed by atoms with Gasteiger partial charge in [-0.2, -0.15) is 0 Å². The van der Waals surface area contributed by atoms with Gasteiger partial charge in [-0.25, -0.2) is 0 Å². The lowest BCUT2D eigenvalue weighted by Crippen LogP contribution is -1.99. The van der Waals surface area contributed by atoms with Gasteiger partial charge in [0.2, 0.25) is 0 Å². The summed E-state index contributed by atoms with van der Waals surface area (Å²) in [5, 5.41) is 0. The maximum absolute atomic E-state index is 3.92. The summed E-state index contributed by atoms with van der Waals surface area (Å²) in [7, 11) is 0. The largest absolute Gasteiger partial charge is 0.0885 e. The van der Waals surface area contributed by atoms with E-state index in [2.05, 4.69) is 32.9 Å². The molecule has 0 saturated heterocycles. The van der Waals surface area contributed by atoms with Crippen LogP contribution in [-0.2, 0) is 0 Å². The molecule has 0 rings (SSSR count). The lowest BCUT2D eigenvalue weighted by atomic mass is 9.92. The van der Waals surface area contributed by atoms with Crippen molar-refractivity contribution in [1.29, 1.82) is 0 Å². The van der Waals surface area contributed by atoms with Gasteiger partial charge in [-0.3, -0.25) is 0 Å². The predicted molar refractivity (Wildman–Crippen MR) is 140 cm³/mol. The Bertz CT molecular complexity index is 316. The molecule has 0 spiro atoms. The molecule has 0 aromatic heterocycles. The van der Waals surface area contributed by atoms with Crippen molar-refractivity contribution in [1.82, 2.24) is 0 Å². The third-order valence-electron chi connectivity index (χ3n) is 6.71. The SMILES string of the molecule is [CH2]CCCCCC/C=C/CCCCCCC(CC)CCCCCCCCCCC[CH2]. The van der Waals surface area contributed by atoms with Crippen LogP contribution in [0, 0.1) is 19.8 Å². The molecule has 30 heavy (non-hydrogen) atoms. The number of hydrogen-bond acceptors (Lipinski definition) is 0. The number of allylic oxidation sites excluding steroid dienone is 2. The van der Waals surface area contributed by atoms with Gasteiger partial charge in [0, 0.05) is 0 Å². The van der Waals surface area contributed by atoms with Crippen molar-refractivity contribution in [3.05, 3.63) is 26.0 Å². The summed E-state index contributed by atoms with van der Waals surface area (Å²) in [5.41, 5.74) is 0. The first-order valence-electron chi connectivity index (χ1n) is 14.1. The third kappa shape index (κ3) is 24.0. The fourth-order valence-corrected chi connectivity index (χ4v) is 4.48. The Morgan fingerprint density at radius 3 is 1.17 bits per heavy atom. The van der Waals surface area contributed by atoms with E-state index in [0.717, 1.165) is 18.8 Å². The average Bonchev–Trinajstić information content (AvgIpc) is 2.76. The van der Waals surface area contributed by atoms with Crippen LogP contribution < -0.4 is 0 Å². The van der Waals surface area contributed by atoms with Gasteiger partial charge in [0.05, 0.1) is 0 Å². The topological polar surface area (TPSA) is 0 Å². The minimum Gasteiger partial charge on any atom is -0.0885 e. The maximum atomic E-state index is 3.92. The lowest BCUT2D eigenvalue weighted by molar-refractivity contribution is 0.393. The van der Waals surface area contributed by atoms with Gasteiger partial charge in [-0.15, -0.1) is 0 Å². The van der Waals surface area contributed by atoms with Crippen LogP contribution in [0.15, 0.2) is 12.2 Å². The molecule has 0 fully saturated rings. The lowest BCUT2D eigenvalue weighted by Gasteiger charge is -2.14. The Kier molecular flexibility index (Phi) is 26.5. The molecule has 1 unspecified atom stereocenters. The first-order valence-corrected chi connectivity index (χ1v) is 14.1. The summed E-state index contributed by atoms with van der Waals surface area (Å²) < 4.78 is 0. The summed E-state index contributed by atoms with van der Waals surface area (Å²) in [4.78, 5) is 0. The van der Waals surface area contributed by atoms with Gasteiger partial charge in [0.1, 0.15) is 0 Å². The van der Waals surface area contributed by atoms with Crippen LogP contribution in [0.4, 0.5) is 0 Å². The molecule has 0 aliphatic heterocycles. The molecule has 0 saturated carbocycles. The molecular weight excluding hydrogens is 360 g/mol. The Hall–Kier alpha value is -0.260. The van der Waals surface area contributed by atoms with Crippen LogP contribution in [0.1, 0.15) is 161 Å². The molecule has 178 valence electrons. The zero-order valence-corrected chi connectivity index (χ0v) is 21.1. The maximum Gasteiger partial charge on any atom is -0.0351 e. The second-order valence-electron chi connectivity index (χ2n) is 9.62. The third-order valence-corrected chi connectivity index (χ3v) is 6.71. The molecular formula is C30H58. The van der Waals surface area contributed by atoms with Crippen molar-refractivity contribution in [3.8, 4) is 0 Å². The quantitative estimate of drug-likeness (QED) is 0.102. The highest BCUT2D eigenvalue weighted by Crippen LogP contribution is 2.21. The Morgan fingerprint density at radius 1 is 0.467 bits per heavy atom. The van der Waals surface area contributed by atoms with Crippen molar-refractivity contribution in [2.24, 2.45) is 5.92 Å². The van der Waals surface area contributed by atoms with Crippen LogP contribution in [0.5, 0.6) is 0 Å². The Balaban J connectivity index is 3.33. The van der Waals surface area contributed by atoms with Gasteiger partial charge < -0.3 is 0 Å². The second-order valence-corrected chi connectivity index (χ2v) is 9.62. The van der Waals surface area contributed by atoms with E-state index >= 15 is 0 Å². The average molecular weight is 419 g/mol. The fraction of sp³-hybridized carbons (Fsp3) is 0.867. The standard InChI is InChI=1S/C30H58/c1-4-7-9-11-13-15-17-18-19-21-23-25-27-29-30(6-3)28-26-24-22-20-16-14-12-10-8-5-2/h17-18,30H,1-2,4-16,19-29H2,3H3/b18-17+. The zero-order valence-electron chi connectivity index (χ0n) is 21.1. The van der Waals surface area contributed by atoms with Gasteiger partial charge in [0.15, 0.2) is 0 Å². The number of rotatable bonds is 25. The molecule has 0 bridgehead atoms. The zero-order chi connectivity index (χ0) is 22.0. The van der Waals surface area contributed by atoms with E-state index < -0.39 is 0 Å². The molecule has 0 N–H and O–H groups in total. The van der Waals surface area contributed by atoms with Gasteiger partial charge in [-0.1, -0.05) is 161 Å². The van der Waals surface area contributed by atoms with E-state index in [0.29, 0.717) is 0 Å². The van der Waals surface area contributed by atoms with Crippen LogP contribution in [-0.4, -0.2) is 0 Å². The molecule has 0 heteroatoms. The van der Waals surface area contributed by atoms with Gasteiger partial charge >= 0.3 is 0 Å². The number of unbranched alkanes of at least 4 members (excludes halogenated alkanes) is 18. The van der Waals surface area contributed by atoms with Gasteiger partial charge in [0.25, 0.3) is 0 Å². The highest BCUT2D eigenvalue weighted by atomic mass is 14.1. The monoisotopic (exact) mass is 418 g/mol. The molecule has 0 heterocycles. The summed E-state index contributed by atoms with van der Waals surface area (Å²) in [6.45, 7) is 10.2. The minimum atomic E-state index is 0.996. The Morgan fingerprint density at radius 2 is 0.800 bits per heavy atom. The van der Waals surface area contributed by atoms with Crippen molar-refractivity contribution >= 4 is 0 Å². The van der Waals surface area contributed by atoms with E-state index in [4.69, 9.17) is 0 Å². The molecule has 1 atom stereocenters. The fourth-order valence-electron chi connectivity index (χ4n) is 4.48. The minimum absolute atomic E-state index is 0.996. The summed E-state index contributed by atoms with van der Waals surface area (Å²) >= 11 is 0. The first kappa shape index (κ1) is 29.7. The highest BCUT2D eigenvalue weighted by Gasteiger charge is 2.05. The van der Waals surface area contributed by atoms with Crippen molar-refractivity contribution in [2.45, 2.75) is 161 Å². The normalized spacial score (nSPS) is 12.8. The predicted octanol–water partition coefficient (Wildman–Crippen LogP) is 11.2. The molecule has 0 nitrogen and oxygen atoms in total. The summed E-state index contributed by atoms with van der Waals surface area (Å²) in [6.07, 6.45) is 38.1. The van der Waals surface area contributed by atoms with Crippen molar-refractivity contribution < 1.29 is 0 Å². The second kappa shape index (κ2) is 26.8. The highest BCUT2D eigenvalue weighted by molar-refractivity contribution is 4.81. The van der Waals surface area contributed by atoms with E-state index in [1.54, 1.807) is 0 Å². The summed E-state index contributed by atoms with van der Waals surface area (Å²) in [5.74, 6) is 0.996. The Labute approximate surface area is 193 Å². The van der Waals surface area contributed by atoms with Crippen LogP contribution in [0.25, 0.3) is 0 Å². The molecule has 0 aromatic rings. The summed E-state index contributed by atoms with van der Waals surface area (Å²) in [6, 6.07) is 0. The molecule has 0 aliphatic carbocycles. The van der Waals surface area contributed by atoms with Crippen molar-refractivity contribution in [3.63, 3.8) is 0 Å². The van der Waals surface area contributed by atoms with Crippen LogP contribution in [0.2, 0.25) is 0 Å².